The van der Waals surface area contributed by atoms with Gasteiger partial charge in [-0.05, 0) is 117 Å². The third kappa shape index (κ3) is 21.6. The SMILES string of the molecule is C[Si](C)(C)O[Si](C)(CCCOC(=O)C=CC(=O)OCCC[Si](C)(O[Si](C)(C)C)O[Si](C)(C)C)O[Si](C)(C)C. The lowest BCUT2D eigenvalue weighted by Crippen LogP contribution is -2.52. The van der Waals surface area contributed by atoms with E-state index in [0.717, 1.165) is 24.2 Å². The first kappa shape index (κ1) is 37.8. The van der Waals surface area contributed by atoms with Gasteiger partial charge in [-0.3, -0.25) is 0 Å². The molecular weight excluding hydrogens is 585 g/mol. The van der Waals surface area contributed by atoms with Gasteiger partial charge >= 0.3 is 29.1 Å². The molecule has 224 valence electrons. The maximum Gasteiger partial charge on any atom is 0.331 e. The monoisotopic (exact) mass is 640 g/mol. The van der Waals surface area contributed by atoms with Gasteiger partial charge in [-0.1, -0.05) is 0 Å². The second kappa shape index (κ2) is 15.2. The van der Waals surface area contributed by atoms with Crippen LogP contribution in [0.2, 0.25) is 104 Å². The number of hydrogen-bond acceptors (Lipinski definition) is 8. The Morgan fingerprint density at radius 1 is 0.474 bits per heavy atom. The molecule has 0 spiro atoms. The highest BCUT2D eigenvalue weighted by Crippen LogP contribution is 2.26. The first-order chi connectivity index (χ1) is 16.8. The Balaban J connectivity index is 4.60. The van der Waals surface area contributed by atoms with Crippen molar-refractivity contribution in [3.63, 3.8) is 0 Å². The van der Waals surface area contributed by atoms with Gasteiger partial charge in [0.25, 0.3) is 0 Å². The summed E-state index contributed by atoms with van der Waals surface area (Å²) >= 11 is 0. The fourth-order valence-electron chi connectivity index (χ4n) is 4.20. The predicted octanol–water partition coefficient (Wildman–Crippen LogP) is 6.96. The third-order valence-corrected chi connectivity index (χ3v) is 23.7. The Labute approximate surface area is 239 Å². The van der Waals surface area contributed by atoms with Crippen LogP contribution in [-0.4, -0.2) is 75.5 Å². The average molecular weight is 641 g/mol. The minimum absolute atomic E-state index is 0.252. The topological polar surface area (TPSA) is 89.5 Å². The highest BCUT2D eigenvalue weighted by atomic mass is 28.5. The van der Waals surface area contributed by atoms with Crippen LogP contribution in [0.25, 0.3) is 0 Å². The molecule has 0 aromatic carbocycles. The summed E-state index contributed by atoms with van der Waals surface area (Å²) in [6.07, 6.45) is 3.56. The first-order valence-corrected chi connectivity index (χ1v) is 32.3. The van der Waals surface area contributed by atoms with Crippen LogP contribution in [0.15, 0.2) is 12.2 Å². The minimum Gasteiger partial charge on any atom is -0.463 e. The maximum atomic E-state index is 12.1. The number of hydrogen-bond donors (Lipinski definition) is 0. The lowest BCUT2D eigenvalue weighted by Gasteiger charge is -2.38. The standard InChI is InChI=1S/C24H56O8Si6/c1-33(2,3)29-37(13,30-34(4,5)6)21-15-19-27-23(25)17-18-24(26)28-20-16-22-38(14,31-35(7,8)9)32-36(10,11)12/h17-18H,15-16,19-22H2,1-14H3. The van der Waals surface area contributed by atoms with Gasteiger partial charge in [0.2, 0.25) is 0 Å². The van der Waals surface area contributed by atoms with E-state index in [1.54, 1.807) is 0 Å². The summed E-state index contributed by atoms with van der Waals surface area (Å²) in [5.41, 5.74) is 0. The lowest BCUT2D eigenvalue weighted by atomic mass is 10.4. The molecule has 8 nitrogen and oxygen atoms in total. The number of carbonyl (C=O) groups is 2. The number of rotatable bonds is 18. The van der Waals surface area contributed by atoms with Gasteiger partial charge in [-0.15, -0.1) is 0 Å². The molecule has 0 bridgehead atoms. The molecule has 0 aliphatic carbocycles. The van der Waals surface area contributed by atoms with E-state index in [0.29, 0.717) is 12.8 Å². The predicted molar refractivity (Wildman–Crippen MR) is 171 cm³/mol. The fraction of sp³-hybridized carbons (Fsp3) is 0.833. The molecule has 0 aliphatic rings. The normalized spacial score (nSPS) is 14.2. The molecule has 0 heterocycles. The molecule has 0 N–H and O–H groups in total. The largest absolute Gasteiger partial charge is 0.463 e. The summed E-state index contributed by atoms with van der Waals surface area (Å²) < 4.78 is 36.5. The maximum absolute atomic E-state index is 12.1. The zero-order valence-corrected chi connectivity index (χ0v) is 32.7. The fourth-order valence-corrected chi connectivity index (χ4v) is 29.2. The molecule has 0 atom stereocenters. The van der Waals surface area contributed by atoms with Gasteiger partial charge < -0.3 is 25.9 Å². The smallest absolute Gasteiger partial charge is 0.331 e. The molecule has 0 aliphatic heterocycles. The lowest BCUT2D eigenvalue weighted by molar-refractivity contribution is -0.140. The molecule has 0 aromatic heterocycles. The van der Waals surface area contributed by atoms with Crippen molar-refractivity contribution in [3.8, 4) is 0 Å². The van der Waals surface area contributed by atoms with Crippen molar-refractivity contribution in [2.75, 3.05) is 13.2 Å². The van der Waals surface area contributed by atoms with Gasteiger partial charge in [0.1, 0.15) is 0 Å². The highest BCUT2D eigenvalue weighted by Gasteiger charge is 2.41. The molecule has 0 amide bonds. The molecular formula is C24H56O8Si6. The number of ether oxygens (including phenoxy) is 2. The summed E-state index contributed by atoms with van der Waals surface area (Å²) in [5, 5.41) is 0. The van der Waals surface area contributed by atoms with E-state index in [1.165, 1.54) is 0 Å². The van der Waals surface area contributed by atoms with Crippen molar-refractivity contribution >= 4 is 62.3 Å². The van der Waals surface area contributed by atoms with Crippen molar-refractivity contribution < 1.29 is 35.5 Å². The van der Waals surface area contributed by atoms with Crippen molar-refractivity contribution in [3.05, 3.63) is 12.2 Å². The summed E-state index contributed by atoms with van der Waals surface area (Å²) in [6, 6.07) is 1.51. The van der Waals surface area contributed by atoms with Crippen LogP contribution in [0.5, 0.6) is 0 Å². The van der Waals surface area contributed by atoms with E-state index in [4.69, 9.17) is 25.9 Å². The molecule has 0 fully saturated rings. The van der Waals surface area contributed by atoms with Crippen LogP contribution in [0.3, 0.4) is 0 Å². The molecule has 38 heavy (non-hydrogen) atoms. The van der Waals surface area contributed by atoms with E-state index >= 15 is 0 Å². The summed E-state index contributed by atoms with van der Waals surface area (Å²) in [5.74, 6) is -1.12. The highest BCUT2D eigenvalue weighted by molar-refractivity contribution is 6.88. The van der Waals surface area contributed by atoms with Crippen LogP contribution in [-0.2, 0) is 35.5 Å². The second-order valence-electron chi connectivity index (χ2n) is 14.0. The Morgan fingerprint density at radius 2 is 0.711 bits per heavy atom. The van der Waals surface area contributed by atoms with Crippen LogP contribution < -0.4 is 0 Å². The van der Waals surface area contributed by atoms with E-state index in [-0.39, 0.29) is 13.2 Å². The van der Waals surface area contributed by atoms with Crippen LogP contribution in [0, 0.1) is 0 Å². The Hall–Kier alpha value is -0.179. The summed E-state index contributed by atoms with van der Waals surface area (Å²) in [4.78, 5) is 24.2. The van der Waals surface area contributed by atoms with E-state index in [2.05, 4.69) is 91.7 Å². The first-order valence-electron chi connectivity index (χ1n) is 13.6. The van der Waals surface area contributed by atoms with Crippen LogP contribution in [0.4, 0.5) is 0 Å². The molecule has 0 aromatic rings. The van der Waals surface area contributed by atoms with Gasteiger partial charge in [0.05, 0.1) is 13.2 Å². The summed E-state index contributed by atoms with van der Waals surface area (Å²) in [7, 11) is -11.8. The third-order valence-electron chi connectivity index (χ3n) is 4.48. The van der Waals surface area contributed by atoms with Gasteiger partial charge in [0.15, 0.2) is 33.3 Å². The van der Waals surface area contributed by atoms with Crippen LogP contribution >= 0.6 is 0 Å². The number of carbonyl (C=O) groups excluding carboxylic acids is 2. The van der Waals surface area contributed by atoms with Crippen molar-refractivity contribution in [1.82, 2.24) is 0 Å². The number of esters is 2. The van der Waals surface area contributed by atoms with E-state index in [9.17, 15) is 9.59 Å². The Morgan fingerprint density at radius 3 is 0.921 bits per heavy atom. The van der Waals surface area contributed by atoms with E-state index < -0.39 is 62.3 Å². The molecule has 0 rings (SSSR count). The van der Waals surface area contributed by atoms with Crippen LogP contribution in [0.1, 0.15) is 12.8 Å². The molecule has 0 unspecified atom stereocenters. The Kier molecular flexibility index (Phi) is 15.1. The van der Waals surface area contributed by atoms with Crippen molar-refractivity contribution in [2.45, 2.75) is 117 Å². The van der Waals surface area contributed by atoms with Gasteiger partial charge in [-0.2, -0.15) is 0 Å². The minimum atomic E-state index is -2.36. The van der Waals surface area contributed by atoms with Gasteiger partial charge in [-0.25, -0.2) is 9.59 Å². The Bertz CT molecular complexity index is 683. The second-order valence-corrected chi connectivity index (χ2v) is 39.7. The van der Waals surface area contributed by atoms with Gasteiger partial charge in [0, 0.05) is 12.2 Å². The van der Waals surface area contributed by atoms with Crippen molar-refractivity contribution in [2.24, 2.45) is 0 Å². The average Bonchev–Trinajstić information content (AvgIpc) is 2.60. The van der Waals surface area contributed by atoms with Crippen molar-refractivity contribution in [1.29, 1.82) is 0 Å². The molecule has 0 radical (unpaired) electrons. The zero-order valence-electron chi connectivity index (χ0n) is 26.7. The zero-order chi connectivity index (χ0) is 30.1. The van der Waals surface area contributed by atoms with E-state index in [1.807, 2.05) is 0 Å². The molecule has 14 heteroatoms. The quantitative estimate of drug-likeness (QED) is 0.0688. The summed E-state index contributed by atoms with van der Waals surface area (Å²) in [6.45, 7) is 30.7. The molecule has 0 saturated heterocycles. The molecule has 0 saturated carbocycles.